The molecule has 1 aromatic carbocycles. The number of aromatic nitrogens is 1. The van der Waals surface area contributed by atoms with Gasteiger partial charge in [0.15, 0.2) is 5.13 Å². The Labute approximate surface area is 133 Å². The molecule has 1 heterocycles. The number of alkyl halides is 3. The Bertz CT molecular complexity index is 638. The highest BCUT2D eigenvalue weighted by molar-refractivity contribution is 9.10. The lowest BCUT2D eigenvalue weighted by molar-refractivity contribution is -0.138. The summed E-state index contributed by atoms with van der Waals surface area (Å²) in [6.07, 6.45) is -2.57. The lowest BCUT2D eigenvalue weighted by Crippen LogP contribution is -2.09. The Hall–Kier alpha value is -1.08. The van der Waals surface area contributed by atoms with E-state index in [1.54, 1.807) is 6.07 Å². The largest absolute Gasteiger partial charge is 0.416 e. The molecule has 0 spiro atoms. The number of thiazole rings is 1. The Balaban J connectivity index is 2.40. The minimum absolute atomic E-state index is 0.201. The smallest absolute Gasteiger partial charge is 0.375 e. The number of nitrogens with zero attached hydrogens (tertiary/aromatic N) is 1. The fourth-order valence-electron chi connectivity index (χ4n) is 2.11. The number of halogens is 4. The lowest BCUT2D eigenvalue weighted by atomic mass is 10.0. The van der Waals surface area contributed by atoms with E-state index in [1.165, 1.54) is 17.4 Å². The van der Waals surface area contributed by atoms with Crippen molar-refractivity contribution < 1.29 is 13.2 Å². The summed E-state index contributed by atoms with van der Waals surface area (Å²) >= 11 is 4.35. The van der Waals surface area contributed by atoms with Gasteiger partial charge in [-0.3, -0.25) is 0 Å². The fourth-order valence-corrected chi connectivity index (χ4v) is 3.38. The molecular formula is C14H14BrF3N2S. The molecule has 21 heavy (non-hydrogen) atoms. The maximum atomic E-state index is 13.1. The van der Waals surface area contributed by atoms with Crippen LogP contribution in [-0.2, 0) is 19.0 Å². The summed E-state index contributed by atoms with van der Waals surface area (Å²) in [6.45, 7) is 2.00. The second kappa shape index (κ2) is 6.36. The number of anilines is 1. The highest BCUT2D eigenvalue weighted by Crippen LogP contribution is 2.36. The van der Waals surface area contributed by atoms with E-state index in [0.29, 0.717) is 9.60 Å². The van der Waals surface area contributed by atoms with Crippen LogP contribution in [0.5, 0.6) is 0 Å². The molecule has 0 amide bonds. The zero-order valence-electron chi connectivity index (χ0n) is 11.3. The minimum Gasteiger partial charge on any atom is -0.375 e. The van der Waals surface area contributed by atoms with Crippen molar-refractivity contribution in [1.29, 1.82) is 0 Å². The molecule has 0 saturated carbocycles. The van der Waals surface area contributed by atoms with Gasteiger partial charge in [-0.2, -0.15) is 13.2 Å². The normalized spacial score (nSPS) is 11.9. The SMILES string of the molecule is CCCc1nc(N)sc1Cc1ccc(Br)cc1C(F)(F)F. The summed E-state index contributed by atoms with van der Waals surface area (Å²) in [5.74, 6) is 0. The Morgan fingerprint density at radius 2 is 2.05 bits per heavy atom. The molecule has 0 aliphatic heterocycles. The summed E-state index contributed by atoms with van der Waals surface area (Å²) in [5.41, 5.74) is 6.11. The first-order chi connectivity index (χ1) is 9.81. The third-order valence-electron chi connectivity index (χ3n) is 3.01. The second-order valence-corrected chi connectivity index (χ2v) is 6.68. The summed E-state index contributed by atoms with van der Waals surface area (Å²) in [6, 6.07) is 4.23. The maximum absolute atomic E-state index is 13.1. The van der Waals surface area contributed by atoms with E-state index < -0.39 is 11.7 Å². The molecule has 2 N–H and O–H groups in total. The van der Waals surface area contributed by atoms with Crippen LogP contribution in [0.25, 0.3) is 0 Å². The van der Waals surface area contributed by atoms with E-state index in [4.69, 9.17) is 5.73 Å². The van der Waals surface area contributed by atoms with Gasteiger partial charge in [0, 0.05) is 15.8 Å². The van der Waals surface area contributed by atoms with Crippen molar-refractivity contribution in [3.63, 3.8) is 0 Å². The average Bonchev–Trinajstić information content (AvgIpc) is 2.71. The second-order valence-electron chi connectivity index (χ2n) is 4.65. The number of benzene rings is 1. The number of hydrogen-bond acceptors (Lipinski definition) is 3. The van der Waals surface area contributed by atoms with Crippen LogP contribution in [0.15, 0.2) is 22.7 Å². The summed E-state index contributed by atoms with van der Waals surface area (Å²) in [5, 5.41) is 0.402. The number of hydrogen-bond donors (Lipinski definition) is 1. The molecule has 0 aliphatic rings. The van der Waals surface area contributed by atoms with Crippen molar-refractivity contribution >= 4 is 32.4 Å². The molecular weight excluding hydrogens is 365 g/mol. The Morgan fingerprint density at radius 3 is 2.67 bits per heavy atom. The van der Waals surface area contributed by atoms with Gasteiger partial charge in [-0.15, -0.1) is 11.3 Å². The molecule has 1 aromatic heterocycles. The van der Waals surface area contributed by atoms with Gasteiger partial charge >= 0.3 is 6.18 Å². The number of nitrogens with two attached hydrogens (primary N) is 1. The molecule has 0 saturated heterocycles. The Kier molecular flexibility index (Phi) is 4.93. The molecule has 2 rings (SSSR count). The Morgan fingerprint density at radius 1 is 1.33 bits per heavy atom. The van der Waals surface area contributed by atoms with Crippen molar-refractivity contribution in [2.24, 2.45) is 0 Å². The molecule has 0 bridgehead atoms. The van der Waals surface area contributed by atoms with Crippen LogP contribution in [0, 0.1) is 0 Å². The van der Waals surface area contributed by atoms with Crippen LogP contribution in [-0.4, -0.2) is 4.98 Å². The highest BCUT2D eigenvalue weighted by atomic mass is 79.9. The van der Waals surface area contributed by atoms with Gasteiger partial charge in [-0.05, 0) is 24.1 Å². The van der Waals surface area contributed by atoms with Crippen molar-refractivity contribution in [3.8, 4) is 0 Å². The van der Waals surface area contributed by atoms with Crippen LogP contribution >= 0.6 is 27.3 Å². The van der Waals surface area contributed by atoms with E-state index in [9.17, 15) is 13.2 Å². The first kappa shape index (κ1) is 16.3. The third-order valence-corrected chi connectivity index (χ3v) is 4.43. The monoisotopic (exact) mass is 378 g/mol. The predicted octanol–water partition coefficient (Wildman–Crippen LogP) is 5.05. The van der Waals surface area contributed by atoms with Gasteiger partial charge in [-0.25, -0.2) is 4.98 Å². The van der Waals surface area contributed by atoms with Gasteiger partial charge in [0.2, 0.25) is 0 Å². The topological polar surface area (TPSA) is 38.9 Å². The van der Waals surface area contributed by atoms with Crippen LogP contribution in [0.2, 0.25) is 0 Å². The molecule has 7 heteroatoms. The van der Waals surface area contributed by atoms with Gasteiger partial charge in [0.1, 0.15) is 0 Å². The summed E-state index contributed by atoms with van der Waals surface area (Å²) in [4.78, 5) is 5.02. The summed E-state index contributed by atoms with van der Waals surface area (Å²) < 4.78 is 39.8. The number of aryl methyl sites for hydroxylation is 1. The molecule has 0 radical (unpaired) electrons. The highest BCUT2D eigenvalue weighted by Gasteiger charge is 2.33. The van der Waals surface area contributed by atoms with Crippen LogP contribution in [0.3, 0.4) is 0 Å². The minimum atomic E-state index is -4.37. The third kappa shape index (κ3) is 3.97. The number of nitrogen functional groups attached to an aromatic ring is 1. The molecule has 0 unspecified atom stereocenters. The molecule has 0 fully saturated rings. The predicted molar refractivity (Wildman–Crippen MR) is 82.5 cm³/mol. The standard InChI is InChI=1S/C14H14BrF3N2S/c1-2-3-11-12(21-13(19)20-11)6-8-4-5-9(15)7-10(8)14(16,17)18/h4-5,7H,2-3,6H2,1H3,(H2,19,20). The van der Waals surface area contributed by atoms with Crippen LogP contribution in [0.1, 0.15) is 35.0 Å². The van der Waals surface area contributed by atoms with Crippen LogP contribution in [0.4, 0.5) is 18.3 Å². The fraction of sp³-hybridized carbons (Fsp3) is 0.357. The molecule has 2 aromatic rings. The van der Waals surface area contributed by atoms with Crippen molar-refractivity contribution in [3.05, 3.63) is 44.4 Å². The van der Waals surface area contributed by atoms with E-state index >= 15 is 0 Å². The van der Waals surface area contributed by atoms with E-state index in [2.05, 4.69) is 20.9 Å². The van der Waals surface area contributed by atoms with Crippen LogP contribution < -0.4 is 5.73 Å². The van der Waals surface area contributed by atoms with E-state index in [0.717, 1.165) is 29.5 Å². The quantitative estimate of drug-likeness (QED) is 0.808. The van der Waals surface area contributed by atoms with Crippen molar-refractivity contribution in [2.45, 2.75) is 32.4 Å². The van der Waals surface area contributed by atoms with Gasteiger partial charge in [-0.1, -0.05) is 35.3 Å². The first-order valence-electron chi connectivity index (χ1n) is 6.41. The first-order valence-corrected chi connectivity index (χ1v) is 8.02. The van der Waals surface area contributed by atoms with E-state index in [1.807, 2.05) is 6.92 Å². The average molecular weight is 379 g/mol. The molecule has 0 aliphatic carbocycles. The van der Waals surface area contributed by atoms with Crippen molar-refractivity contribution in [2.75, 3.05) is 5.73 Å². The lowest BCUT2D eigenvalue weighted by Gasteiger charge is -2.13. The zero-order valence-corrected chi connectivity index (χ0v) is 13.7. The van der Waals surface area contributed by atoms with E-state index in [-0.39, 0.29) is 12.0 Å². The summed E-state index contributed by atoms with van der Waals surface area (Å²) in [7, 11) is 0. The van der Waals surface area contributed by atoms with Crippen molar-refractivity contribution in [1.82, 2.24) is 4.98 Å². The number of rotatable bonds is 4. The molecule has 0 atom stereocenters. The molecule has 2 nitrogen and oxygen atoms in total. The maximum Gasteiger partial charge on any atom is 0.416 e. The van der Waals surface area contributed by atoms with Gasteiger partial charge in [0.05, 0.1) is 11.3 Å². The zero-order chi connectivity index (χ0) is 15.6. The van der Waals surface area contributed by atoms with Gasteiger partial charge in [0.25, 0.3) is 0 Å². The van der Waals surface area contributed by atoms with Gasteiger partial charge < -0.3 is 5.73 Å². The molecule has 114 valence electrons.